The van der Waals surface area contributed by atoms with Gasteiger partial charge in [-0.3, -0.25) is 14.7 Å². The average molecular weight is 477 g/mol. The van der Waals surface area contributed by atoms with Crippen LogP contribution in [0, 0.1) is 6.92 Å². The molecule has 2 saturated heterocycles. The number of halogens is 1. The molecule has 3 atom stereocenters. The van der Waals surface area contributed by atoms with E-state index in [0.29, 0.717) is 22.5 Å². The Balaban J connectivity index is 1.58. The average Bonchev–Trinajstić information content (AvgIpc) is 3.45. The normalized spacial score (nSPS) is 24.4. The van der Waals surface area contributed by atoms with Crippen LogP contribution in [0.3, 0.4) is 0 Å². The topological polar surface area (TPSA) is 94.9 Å². The number of carbonyl (C=O) groups is 1. The van der Waals surface area contributed by atoms with Crippen LogP contribution in [-0.2, 0) is 9.53 Å². The number of carbonyl (C=O) groups excluding carboxylic acids is 1. The molecule has 1 spiro atoms. The summed E-state index contributed by atoms with van der Waals surface area (Å²) in [6.45, 7) is 4.16. The van der Waals surface area contributed by atoms with Gasteiger partial charge in [0.05, 0.1) is 17.3 Å². The first-order valence-electron chi connectivity index (χ1n) is 10.4. The van der Waals surface area contributed by atoms with Crippen molar-refractivity contribution in [2.75, 3.05) is 24.7 Å². The third-order valence-electron chi connectivity index (χ3n) is 5.24. The van der Waals surface area contributed by atoms with E-state index in [4.69, 9.17) is 26.2 Å². The lowest BCUT2D eigenvalue weighted by Crippen LogP contribution is -2.34. The largest absolute Gasteiger partial charge is 0.489 e. The SMILES string of the molecule is CCC/N=C1\SC2(OC2c2ccc(OCC(O)CO)c(Cl)c2)C(=O)N1c1ccccc1C. The first-order chi connectivity index (χ1) is 15.4. The van der Waals surface area contributed by atoms with Crippen LogP contribution in [0.15, 0.2) is 47.5 Å². The molecule has 2 aromatic carbocycles. The number of para-hydroxylation sites is 1. The van der Waals surface area contributed by atoms with Crippen LogP contribution in [0.5, 0.6) is 5.75 Å². The molecule has 7 nitrogen and oxygen atoms in total. The number of amidine groups is 1. The number of ether oxygens (including phenoxy) is 2. The van der Waals surface area contributed by atoms with Gasteiger partial charge in [0.1, 0.15) is 24.6 Å². The van der Waals surface area contributed by atoms with Crippen LogP contribution < -0.4 is 9.64 Å². The van der Waals surface area contributed by atoms with Crippen LogP contribution in [0.25, 0.3) is 0 Å². The number of epoxide rings is 1. The summed E-state index contributed by atoms with van der Waals surface area (Å²) in [6, 6.07) is 12.9. The number of aliphatic hydroxyl groups is 2. The Morgan fingerprint density at radius 3 is 2.81 bits per heavy atom. The minimum atomic E-state index is -1.06. The molecule has 9 heteroatoms. The van der Waals surface area contributed by atoms with Crippen LogP contribution in [0.4, 0.5) is 5.69 Å². The van der Waals surface area contributed by atoms with Crippen LogP contribution in [-0.4, -0.2) is 52.1 Å². The Hall–Kier alpha value is -2.10. The number of benzene rings is 2. The predicted octanol–water partition coefficient (Wildman–Crippen LogP) is 3.69. The summed E-state index contributed by atoms with van der Waals surface area (Å²) in [5.41, 5.74) is 2.54. The van der Waals surface area contributed by atoms with Crippen LogP contribution in [0.2, 0.25) is 5.02 Å². The molecule has 2 N–H and O–H groups in total. The van der Waals surface area contributed by atoms with Crippen molar-refractivity contribution in [2.24, 2.45) is 4.99 Å². The number of aryl methyl sites for hydroxylation is 1. The van der Waals surface area contributed by atoms with E-state index in [-0.39, 0.29) is 12.5 Å². The second-order valence-corrected chi connectivity index (χ2v) is 9.28. The maximum absolute atomic E-state index is 13.6. The molecule has 2 aliphatic rings. The Kier molecular flexibility index (Phi) is 6.78. The van der Waals surface area contributed by atoms with Crippen LogP contribution >= 0.6 is 23.4 Å². The number of hydrogen-bond acceptors (Lipinski definition) is 7. The number of amides is 1. The molecule has 2 heterocycles. The van der Waals surface area contributed by atoms with E-state index < -0.39 is 23.7 Å². The monoisotopic (exact) mass is 476 g/mol. The van der Waals surface area contributed by atoms with E-state index in [2.05, 4.69) is 4.99 Å². The lowest BCUT2D eigenvalue weighted by atomic mass is 10.1. The molecule has 0 radical (unpaired) electrons. The third kappa shape index (κ3) is 4.25. The van der Waals surface area contributed by atoms with E-state index in [1.54, 1.807) is 23.1 Å². The zero-order valence-corrected chi connectivity index (χ0v) is 19.4. The molecule has 0 saturated carbocycles. The molecule has 2 fully saturated rings. The van der Waals surface area contributed by atoms with E-state index in [9.17, 15) is 9.90 Å². The molecule has 3 unspecified atom stereocenters. The van der Waals surface area contributed by atoms with Gasteiger partial charge in [-0.25, -0.2) is 0 Å². The molecule has 0 bridgehead atoms. The highest BCUT2D eigenvalue weighted by atomic mass is 35.5. The third-order valence-corrected chi connectivity index (χ3v) is 6.82. The molecular formula is C23H25ClN2O5S. The fourth-order valence-electron chi connectivity index (χ4n) is 3.51. The molecule has 32 heavy (non-hydrogen) atoms. The van der Waals surface area contributed by atoms with E-state index in [1.807, 2.05) is 38.1 Å². The van der Waals surface area contributed by atoms with Gasteiger partial charge < -0.3 is 19.7 Å². The minimum absolute atomic E-state index is 0.0730. The van der Waals surface area contributed by atoms with Gasteiger partial charge in [0.25, 0.3) is 5.91 Å². The summed E-state index contributed by atoms with van der Waals surface area (Å²) >= 11 is 7.69. The van der Waals surface area contributed by atoms with Crippen LogP contribution in [0.1, 0.15) is 30.6 Å². The van der Waals surface area contributed by atoms with Gasteiger partial charge in [-0.15, -0.1) is 0 Å². The molecular weight excluding hydrogens is 452 g/mol. The maximum Gasteiger partial charge on any atom is 0.279 e. The van der Waals surface area contributed by atoms with Crippen molar-refractivity contribution in [1.82, 2.24) is 0 Å². The smallest absolute Gasteiger partial charge is 0.279 e. The summed E-state index contributed by atoms with van der Waals surface area (Å²) in [5.74, 6) is 0.230. The quantitative estimate of drug-likeness (QED) is 0.564. The first-order valence-corrected chi connectivity index (χ1v) is 11.6. The standard InChI is InChI=1S/C23H25ClN2O5S/c1-3-10-25-22-26(18-7-5-4-6-14(18)2)21(29)23(32-22)20(31-23)15-8-9-19(17(24)11-15)30-13-16(28)12-27/h4-9,11,16,20,27-28H,3,10,12-13H2,1-2H3/b25-22-. The molecule has 2 aromatic rings. The number of rotatable bonds is 8. The molecule has 0 aliphatic carbocycles. The highest BCUT2D eigenvalue weighted by Gasteiger charge is 2.71. The molecule has 1 amide bonds. The Morgan fingerprint density at radius 2 is 2.12 bits per heavy atom. The van der Waals surface area contributed by atoms with Crippen molar-refractivity contribution in [3.05, 3.63) is 58.6 Å². The van der Waals surface area contributed by atoms with Crippen molar-refractivity contribution >= 4 is 40.1 Å². The first kappa shape index (κ1) is 23.1. The van der Waals surface area contributed by atoms with Crippen molar-refractivity contribution in [2.45, 2.75) is 37.4 Å². The Morgan fingerprint density at radius 1 is 1.34 bits per heavy atom. The zero-order valence-electron chi connectivity index (χ0n) is 17.8. The predicted molar refractivity (Wildman–Crippen MR) is 125 cm³/mol. The Bertz CT molecular complexity index is 1050. The number of nitrogens with zero attached hydrogens (tertiary/aromatic N) is 2. The van der Waals surface area contributed by atoms with Crippen molar-refractivity contribution in [1.29, 1.82) is 0 Å². The number of aliphatic imine (C=N–C) groups is 1. The molecule has 2 aliphatic heterocycles. The maximum atomic E-state index is 13.6. The van der Waals surface area contributed by atoms with Crippen molar-refractivity contribution in [3.63, 3.8) is 0 Å². The number of hydrogen-bond donors (Lipinski definition) is 2. The highest BCUT2D eigenvalue weighted by Crippen LogP contribution is 2.62. The van der Waals surface area contributed by atoms with Gasteiger partial charge in [0.2, 0.25) is 4.93 Å². The number of aliphatic hydroxyl groups excluding tert-OH is 2. The fraction of sp³-hybridized carbons (Fsp3) is 0.391. The summed E-state index contributed by atoms with van der Waals surface area (Å²) in [7, 11) is 0. The minimum Gasteiger partial charge on any atom is -0.489 e. The van der Waals surface area contributed by atoms with E-state index in [1.165, 1.54) is 11.8 Å². The molecule has 0 aromatic heterocycles. The van der Waals surface area contributed by atoms with Gasteiger partial charge in [0, 0.05) is 6.54 Å². The van der Waals surface area contributed by atoms with Gasteiger partial charge >= 0.3 is 0 Å². The second kappa shape index (κ2) is 9.41. The lowest BCUT2D eigenvalue weighted by molar-refractivity contribution is -0.119. The summed E-state index contributed by atoms with van der Waals surface area (Å²) < 4.78 is 11.4. The van der Waals surface area contributed by atoms with Gasteiger partial charge in [-0.1, -0.05) is 42.8 Å². The number of anilines is 1. The van der Waals surface area contributed by atoms with E-state index in [0.717, 1.165) is 23.2 Å². The van der Waals surface area contributed by atoms with Gasteiger partial charge in [0.15, 0.2) is 5.17 Å². The second-order valence-electron chi connectivity index (χ2n) is 7.70. The van der Waals surface area contributed by atoms with Gasteiger partial charge in [-0.05, 0) is 54.4 Å². The summed E-state index contributed by atoms with van der Waals surface area (Å²) in [6.07, 6.45) is -0.573. The zero-order chi connectivity index (χ0) is 22.9. The van der Waals surface area contributed by atoms with Crippen molar-refractivity contribution in [3.8, 4) is 5.75 Å². The summed E-state index contributed by atoms with van der Waals surface area (Å²) in [5, 5.41) is 19.4. The highest BCUT2D eigenvalue weighted by molar-refractivity contribution is 8.17. The fourth-order valence-corrected chi connectivity index (χ4v) is 5.02. The van der Waals surface area contributed by atoms with E-state index >= 15 is 0 Å². The number of thioether (sulfide) groups is 1. The molecule has 170 valence electrons. The Labute approximate surface area is 196 Å². The summed E-state index contributed by atoms with van der Waals surface area (Å²) in [4.78, 5) is 18.8. The van der Waals surface area contributed by atoms with Gasteiger partial charge in [-0.2, -0.15) is 0 Å². The molecule has 4 rings (SSSR count). The lowest BCUT2D eigenvalue weighted by Gasteiger charge is -2.18. The van der Waals surface area contributed by atoms with Crippen molar-refractivity contribution < 1.29 is 24.5 Å².